The van der Waals surface area contributed by atoms with Crippen LogP contribution in [0.5, 0.6) is 11.5 Å². The molecular formula is C12H20N2O4S. The first-order chi connectivity index (χ1) is 9.05. The Morgan fingerprint density at radius 2 is 1.79 bits per heavy atom. The zero-order valence-electron chi connectivity index (χ0n) is 11.4. The quantitative estimate of drug-likeness (QED) is 0.685. The van der Waals surface area contributed by atoms with Crippen LogP contribution in [0.15, 0.2) is 23.1 Å². The minimum atomic E-state index is -3.52. The van der Waals surface area contributed by atoms with Gasteiger partial charge in [-0.3, -0.25) is 0 Å². The fraction of sp³-hybridized carbons (Fsp3) is 0.500. The van der Waals surface area contributed by atoms with Gasteiger partial charge in [-0.15, -0.1) is 0 Å². The molecule has 108 valence electrons. The molecule has 0 saturated heterocycles. The Hall–Kier alpha value is -1.31. The average Bonchev–Trinajstić information content (AvgIpc) is 2.42. The molecular weight excluding hydrogens is 268 g/mol. The molecule has 0 aliphatic heterocycles. The molecule has 7 heteroatoms. The van der Waals surface area contributed by atoms with Gasteiger partial charge in [0, 0.05) is 19.2 Å². The fourth-order valence-corrected chi connectivity index (χ4v) is 2.56. The average molecular weight is 288 g/mol. The second-order valence-corrected chi connectivity index (χ2v) is 5.54. The Bertz CT molecular complexity index is 502. The molecule has 0 spiro atoms. The zero-order chi connectivity index (χ0) is 14.3. The molecule has 0 fully saturated rings. The highest BCUT2D eigenvalue weighted by Crippen LogP contribution is 2.29. The van der Waals surface area contributed by atoms with E-state index in [0.29, 0.717) is 24.6 Å². The van der Waals surface area contributed by atoms with E-state index >= 15 is 0 Å². The van der Waals surface area contributed by atoms with E-state index in [9.17, 15) is 8.42 Å². The van der Waals surface area contributed by atoms with Crippen LogP contribution >= 0.6 is 0 Å². The predicted octanol–water partition coefficient (Wildman–Crippen LogP) is 0.592. The van der Waals surface area contributed by atoms with E-state index in [1.807, 2.05) is 6.92 Å². The zero-order valence-corrected chi connectivity index (χ0v) is 12.2. The molecule has 19 heavy (non-hydrogen) atoms. The number of nitrogens with one attached hydrogen (secondary N) is 2. The number of likely N-dealkylation sites (N-methyl/N-ethyl adjacent to an activating group) is 1. The summed E-state index contributed by atoms with van der Waals surface area (Å²) in [4.78, 5) is 0.154. The first-order valence-corrected chi connectivity index (χ1v) is 7.46. The third-order valence-corrected chi connectivity index (χ3v) is 3.97. The van der Waals surface area contributed by atoms with E-state index in [0.717, 1.165) is 6.54 Å². The minimum absolute atomic E-state index is 0.154. The Morgan fingerprint density at radius 3 is 2.37 bits per heavy atom. The van der Waals surface area contributed by atoms with Crippen molar-refractivity contribution in [2.24, 2.45) is 0 Å². The molecule has 1 rings (SSSR count). The van der Waals surface area contributed by atoms with Crippen LogP contribution in [0, 0.1) is 0 Å². The molecule has 0 unspecified atom stereocenters. The lowest BCUT2D eigenvalue weighted by Gasteiger charge is -2.11. The summed E-state index contributed by atoms with van der Waals surface area (Å²) in [5.41, 5.74) is 0. The van der Waals surface area contributed by atoms with Gasteiger partial charge in [0.15, 0.2) is 11.5 Å². The van der Waals surface area contributed by atoms with Crippen molar-refractivity contribution in [3.05, 3.63) is 18.2 Å². The van der Waals surface area contributed by atoms with Crippen LogP contribution < -0.4 is 19.5 Å². The van der Waals surface area contributed by atoms with Crippen LogP contribution in [-0.4, -0.2) is 42.3 Å². The number of hydrogen-bond acceptors (Lipinski definition) is 5. The van der Waals surface area contributed by atoms with Gasteiger partial charge >= 0.3 is 0 Å². The fourth-order valence-electron chi connectivity index (χ4n) is 1.52. The van der Waals surface area contributed by atoms with Gasteiger partial charge in [-0.2, -0.15) is 0 Å². The highest BCUT2D eigenvalue weighted by molar-refractivity contribution is 7.89. The smallest absolute Gasteiger partial charge is 0.240 e. The van der Waals surface area contributed by atoms with Crippen molar-refractivity contribution in [2.45, 2.75) is 11.8 Å². The van der Waals surface area contributed by atoms with E-state index in [1.165, 1.54) is 26.4 Å². The van der Waals surface area contributed by atoms with Gasteiger partial charge in [0.25, 0.3) is 0 Å². The van der Waals surface area contributed by atoms with Gasteiger partial charge in [0.1, 0.15) is 0 Å². The third-order valence-electron chi connectivity index (χ3n) is 2.51. The van der Waals surface area contributed by atoms with E-state index in [-0.39, 0.29) is 4.90 Å². The summed E-state index contributed by atoms with van der Waals surface area (Å²) >= 11 is 0. The van der Waals surface area contributed by atoms with Crippen molar-refractivity contribution >= 4 is 10.0 Å². The van der Waals surface area contributed by atoms with Gasteiger partial charge in [-0.25, -0.2) is 13.1 Å². The van der Waals surface area contributed by atoms with E-state index in [2.05, 4.69) is 10.0 Å². The number of benzene rings is 1. The van der Waals surface area contributed by atoms with E-state index in [4.69, 9.17) is 9.47 Å². The highest BCUT2D eigenvalue weighted by atomic mass is 32.2. The summed E-state index contributed by atoms with van der Waals surface area (Å²) in [6, 6.07) is 4.49. The van der Waals surface area contributed by atoms with Gasteiger partial charge in [0.05, 0.1) is 19.1 Å². The normalized spacial score (nSPS) is 11.3. The summed E-state index contributed by atoms with van der Waals surface area (Å²) < 4.78 is 36.7. The molecule has 0 aromatic heterocycles. The number of methoxy groups -OCH3 is 2. The molecule has 0 bridgehead atoms. The maximum absolute atomic E-state index is 12.0. The summed E-state index contributed by atoms with van der Waals surface area (Å²) in [5.74, 6) is 0.881. The highest BCUT2D eigenvalue weighted by Gasteiger charge is 2.16. The molecule has 0 amide bonds. The Labute approximate surface area is 114 Å². The molecule has 0 radical (unpaired) electrons. The first-order valence-electron chi connectivity index (χ1n) is 5.97. The SMILES string of the molecule is CCNCCNS(=O)(=O)c1ccc(OC)c(OC)c1. The summed E-state index contributed by atoms with van der Waals surface area (Å²) in [5, 5.41) is 3.04. The van der Waals surface area contributed by atoms with Crippen molar-refractivity contribution < 1.29 is 17.9 Å². The molecule has 0 aliphatic carbocycles. The van der Waals surface area contributed by atoms with E-state index in [1.54, 1.807) is 6.07 Å². The second-order valence-electron chi connectivity index (χ2n) is 3.77. The molecule has 0 heterocycles. The monoisotopic (exact) mass is 288 g/mol. The lowest BCUT2D eigenvalue weighted by molar-refractivity contribution is 0.354. The molecule has 0 aliphatic rings. The Kier molecular flexibility index (Phi) is 6.07. The lowest BCUT2D eigenvalue weighted by atomic mass is 10.3. The Balaban J connectivity index is 2.83. The van der Waals surface area contributed by atoms with Crippen molar-refractivity contribution in [1.82, 2.24) is 10.0 Å². The lowest BCUT2D eigenvalue weighted by Crippen LogP contribution is -2.31. The van der Waals surface area contributed by atoms with Gasteiger partial charge in [-0.05, 0) is 18.7 Å². The number of sulfonamides is 1. The topological polar surface area (TPSA) is 76.7 Å². The third kappa shape index (κ3) is 4.38. The van der Waals surface area contributed by atoms with Crippen LogP contribution in [0.2, 0.25) is 0 Å². The second kappa shape index (κ2) is 7.32. The van der Waals surface area contributed by atoms with Crippen LogP contribution in [-0.2, 0) is 10.0 Å². The van der Waals surface area contributed by atoms with Crippen LogP contribution in [0.4, 0.5) is 0 Å². The summed E-state index contributed by atoms with van der Waals surface area (Å²) in [7, 11) is -0.558. The van der Waals surface area contributed by atoms with E-state index < -0.39 is 10.0 Å². The molecule has 2 N–H and O–H groups in total. The van der Waals surface area contributed by atoms with Crippen molar-refractivity contribution in [1.29, 1.82) is 0 Å². The van der Waals surface area contributed by atoms with Gasteiger partial charge in [0.2, 0.25) is 10.0 Å². The van der Waals surface area contributed by atoms with Crippen molar-refractivity contribution in [2.75, 3.05) is 33.9 Å². The summed E-state index contributed by atoms with van der Waals surface area (Å²) in [6.45, 7) is 3.69. The molecule has 0 atom stereocenters. The standard InChI is InChI=1S/C12H20N2O4S/c1-4-13-7-8-14-19(15,16)10-5-6-11(17-2)12(9-10)18-3/h5-6,9,13-14H,4,7-8H2,1-3H3. The minimum Gasteiger partial charge on any atom is -0.493 e. The summed E-state index contributed by atoms with van der Waals surface area (Å²) in [6.07, 6.45) is 0. The van der Waals surface area contributed by atoms with Crippen LogP contribution in [0.3, 0.4) is 0 Å². The van der Waals surface area contributed by atoms with Crippen molar-refractivity contribution in [3.8, 4) is 11.5 Å². The Morgan fingerprint density at radius 1 is 1.11 bits per heavy atom. The number of hydrogen-bond donors (Lipinski definition) is 2. The number of rotatable bonds is 8. The van der Waals surface area contributed by atoms with Crippen LogP contribution in [0.25, 0.3) is 0 Å². The van der Waals surface area contributed by atoms with Crippen molar-refractivity contribution in [3.63, 3.8) is 0 Å². The first kappa shape index (κ1) is 15.7. The predicted molar refractivity (Wildman–Crippen MR) is 73.3 cm³/mol. The molecule has 1 aromatic rings. The number of ether oxygens (including phenoxy) is 2. The van der Waals surface area contributed by atoms with Gasteiger partial charge < -0.3 is 14.8 Å². The molecule has 0 saturated carbocycles. The molecule has 1 aromatic carbocycles. The van der Waals surface area contributed by atoms with Gasteiger partial charge in [-0.1, -0.05) is 6.92 Å². The maximum Gasteiger partial charge on any atom is 0.240 e. The molecule has 6 nitrogen and oxygen atoms in total. The largest absolute Gasteiger partial charge is 0.493 e. The van der Waals surface area contributed by atoms with Crippen LogP contribution in [0.1, 0.15) is 6.92 Å². The maximum atomic E-state index is 12.0.